The first-order valence-corrected chi connectivity index (χ1v) is 7.70. The van der Waals surface area contributed by atoms with Gasteiger partial charge in [0.1, 0.15) is 0 Å². The second kappa shape index (κ2) is 7.39. The summed E-state index contributed by atoms with van der Waals surface area (Å²) in [4.78, 5) is 3.58. The molecule has 1 aromatic rings. The van der Waals surface area contributed by atoms with Crippen LogP contribution >= 0.6 is 11.3 Å². The molecule has 0 radical (unpaired) electrons. The Kier molecular flexibility index (Phi) is 6.47. The molecule has 0 spiro atoms. The largest absolute Gasteiger partial charge is 0.389 e. The lowest BCUT2D eigenvalue weighted by atomic mass is 10.1. The van der Waals surface area contributed by atoms with E-state index < -0.39 is 6.10 Å². The molecule has 4 heteroatoms. The van der Waals surface area contributed by atoms with Gasteiger partial charge < -0.3 is 14.7 Å². The van der Waals surface area contributed by atoms with Crippen LogP contribution < -0.4 is 0 Å². The van der Waals surface area contributed by atoms with Crippen LogP contribution in [0.3, 0.4) is 0 Å². The van der Waals surface area contributed by atoms with Gasteiger partial charge in [-0.3, -0.25) is 0 Å². The van der Waals surface area contributed by atoms with Crippen molar-refractivity contribution in [2.75, 3.05) is 20.2 Å². The fraction of sp³-hybridized carbons (Fsp3) is 0.733. The third kappa shape index (κ3) is 7.06. The number of thiophene rings is 1. The van der Waals surface area contributed by atoms with Crippen molar-refractivity contribution in [2.45, 2.75) is 51.9 Å². The molecule has 110 valence electrons. The molecule has 1 heterocycles. The molecule has 1 N–H and O–H groups in total. The second-order valence-corrected chi connectivity index (χ2v) is 7.18. The number of rotatable bonds is 7. The molecule has 0 aliphatic heterocycles. The van der Waals surface area contributed by atoms with E-state index in [-0.39, 0.29) is 5.60 Å². The predicted molar refractivity (Wildman–Crippen MR) is 81.8 cm³/mol. The summed E-state index contributed by atoms with van der Waals surface area (Å²) in [7, 11) is 2.05. The lowest BCUT2D eigenvalue weighted by molar-refractivity contribution is -0.0565. The Morgan fingerprint density at radius 2 is 2.11 bits per heavy atom. The zero-order chi connectivity index (χ0) is 14.5. The smallest absolute Gasteiger partial charge is 0.0900 e. The van der Waals surface area contributed by atoms with E-state index in [1.54, 1.807) is 11.3 Å². The molecular formula is C15H27NO2S. The maximum atomic E-state index is 9.99. The minimum atomic E-state index is -0.435. The fourth-order valence-corrected chi connectivity index (χ4v) is 2.61. The predicted octanol–water partition coefficient (Wildman–Crippen LogP) is 2.79. The summed E-state index contributed by atoms with van der Waals surface area (Å²) in [5.41, 5.74) is -0.192. The van der Waals surface area contributed by atoms with Gasteiger partial charge in [-0.1, -0.05) is 6.07 Å². The number of nitrogens with zero attached hydrogens (tertiary/aromatic N) is 1. The summed E-state index contributed by atoms with van der Waals surface area (Å²) in [6.07, 6.45) is 0.594. The Labute approximate surface area is 121 Å². The molecule has 3 nitrogen and oxygen atoms in total. The van der Waals surface area contributed by atoms with E-state index in [1.165, 1.54) is 4.88 Å². The van der Waals surface area contributed by atoms with Crippen LogP contribution in [0.1, 0.15) is 32.6 Å². The van der Waals surface area contributed by atoms with E-state index in [0.29, 0.717) is 19.2 Å². The van der Waals surface area contributed by atoms with Crippen molar-refractivity contribution in [3.63, 3.8) is 0 Å². The van der Waals surface area contributed by atoms with Crippen LogP contribution in [0.15, 0.2) is 17.5 Å². The quantitative estimate of drug-likeness (QED) is 0.836. The zero-order valence-electron chi connectivity index (χ0n) is 12.7. The molecular weight excluding hydrogens is 258 g/mol. The molecule has 0 aromatic carbocycles. The highest BCUT2D eigenvalue weighted by atomic mass is 32.1. The van der Waals surface area contributed by atoms with Gasteiger partial charge >= 0.3 is 0 Å². The van der Waals surface area contributed by atoms with Crippen LogP contribution in [0.4, 0.5) is 0 Å². The topological polar surface area (TPSA) is 32.7 Å². The minimum absolute atomic E-state index is 0.192. The van der Waals surface area contributed by atoms with Crippen molar-refractivity contribution < 1.29 is 9.84 Å². The Balaban J connectivity index is 2.30. The highest BCUT2D eigenvalue weighted by Gasteiger charge is 2.17. The fourth-order valence-electron chi connectivity index (χ4n) is 1.79. The molecule has 0 aliphatic carbocycles. The second-order valence-electron chi connectivity index (χ2n) is 6.15. The van der Waals surface area contributed by atoms with Gasteiger partial charge in [0.15, 0.2) is 0 Å². The third-order valence-electron chi connectivity index (χ3n) is 3.04. The molecule has 0 amide bonds. The number of hydrogen-bond donors (Lipinski definition) is 1. The first-order chi connectivity index (χ1) is 8.78. The zero-order valence-corrected chi connectivity index (χ0v) is 13.5. The Morgan fingerprint density at radius 1 is 1.42 bits per heavy atom. The monoisotopic (exact) mass is 285 g/mol. The van der Waals surface area contributed by atoms with Gasteiger partial charge in [-0.05, 0) is 52.6 Å². The summed E-state index contributed by atoms with van der Waals surface area (Å²) < 4.78 is 5.60. The molecule has 1 aromatic heterocycles. The molecule has 0 fully saturated rings. The molecule has 19 heavy (non-hydrogen) atoms. The summed E-state index contributed by atoms with van der Waals surface area (Å²) in [6.45, 7) is 9.23. The van der Waals surface area contributed by atoms with Crippen molar-refractivity contribution in [2.24, 2.45) is 0 Å². The van der Waals surface area contributed by atoms with E-state index in [9.17, 15) is 5.11 Å². The van der Waals surface area contributed by atoms with Gasteiger partial charge in [-0.25, -0.2) is 0 Å². The average molecular weight is 285 g/mol. The van der Waals surface area contributed by atoms with Crippen molar-refractivity contribution in [3.8, 4) is 0 Å². The van der Waals surface area contributed by atoms with Gasteiger partial charge in [0.25, 0.3) is 0 Å². The van der Waals surface area contributed by atoms with Gasteiger partial charge in [0, 0.05) is 17.5 Å². The first-order valence-electron chi connectivity index (χ1n) is 6.82. The Hall–Kier alpha value is -0.420. The van der Waals surface area contributed by atoms with Crippen molar-refractivity contribution in [3.05, 3.63) is 22.4 Å². The van der Waals surface area contributed by atoms with E-state index in [4.69, 9.17) is 4.74 Å². The van der Waals surface area contributed by atoms with Crippen molar-refractivity contribution >= 4 is 11.3 Å². The van der Waals surface area contributed by atoms with Crippen molar-refractivity contribution in [1.82, 2.24) is 4.90 Å². The summed E-state index contributed by atoms with van der Waals surface area (Å²) in [6, 6.07) is 4.66. The Bertz CT molecular complexity index is 346. The standard InChI is InChI=1S/C15H27NO2S/c1-12(9-14-7-6-8-19-14)16(5)10-13(17)11-18-15(2,3)4/h6-8,12-13,17H,9-11H2,1-5H3. The molecule has 2 atom stereocenters. The number of hydrogen-bond acceptors (Lipinski definition) is 4. The molecule has 0 saturated heterocycles. The highest BCUT2D eigenvalue weighted by molar-refractivity contribution is 7.09. The van der Waals surface area contributed by atoms with Crippen molar-refractivity contribution in [1.29, 1.82) is 0 Å². The lowest BCUT2D eigenvalue weighted by Crippen LogP contribution is -2.39. The number of likely N-dealkylation sites (N-methyl/N-ethyl adjacent to an activating group) is 1. The van der Waals surface area contributed by atoms with Crippen LogP contribution in [0.25, 0.3) is 0 Å². The lowest BCUT2D eigenvalue weighted by Gasteiger charge is -2.28. The van der Waals surface area contributed by atoms with Crippen LogP contribution in [0, 0.1) is 0 Å². The van der Waals surface area contributed by atoms with Crippen LogP contribution in [-0.2, 0) is 11.2 Å². The first kappa shape index (κ1) is 16.6. The third-order valence-corrected chi connectivity index (χ3v) is 3.94. The van der Waals surface area contributed by atoms with E-state index in [2.05, 4.69) is 36.4 Å². The maximum absolute atomic E-state index is 9.99. The van der Waals surface area contributed by atoms with Gasteiger partial charge in [-0.15, -0.1) is 11.3 Å². The molecule has 1 rings (SSSR count). The van der Waals surface area contributed by atoms with Gasteiger partial charge in [-0.2, -0.15) is 0 Å². The van der Waals surface area contributed by atoms with Crippen LogP contribution in [0.5, 0.6) is 0 Å². The number of aliphatic hydroxyl groups is 1. The van der Waals surface area contributed by atoms with E-state index in [1.807, 2.05) is 20.8 Å². The average Bonchev–Trinajstić information content (AvgIpc) is 2.78. The summed E-state index contributed by atoms with van der Waals surface area (Å²) in [5.74, 6) is 0. The SMILES string of the molecule is CC(Cc1cccs1)N(C)CC(O)COC(C)(C)C. The molecule has 0 bridgehead atoms. The number of aliphatic hydroxyl groups excluding tert-OH is 1. The Morgan fingerprint density at radius 3 is 2.63 bits per heavy atom. The molecule has 2 unspecified atom stereocenters. The summed E-state index contributed by atoms with van der Waals surface area (Å²) in [5, 5.41) is 12.1. The van der Waals surface area contributed by atoms with Gasteiger partial charge in [0.05, 0.1) is 18.3 Å². The van der Waals surface area contributed by atoms with E-state index in [0.717, 1.165) is 6.42 Å². The normalized spacial score (nSPS) is 15.7. The molecule has 0 saturated carbocycles. The van der Waals surface area contributed by atoms with Crippen LogP contribution in [0.2, 0.25) is 0 Å². The van der Waals surface area contributed by atoms with Crippen LogP contribution in [-0.4, -0.2) is 48.0 Å². The van der Waals surface area contributed by atoms with E-state index >= 15 is 0 Å². The highest BCUT2D eigenvalue weighted by Crippen LogP contribution is 2.14. The number of ether oxygens (including phenoxy) is 1. The summed E-state index contributed by atoms with van der Waals surface area (Å²) >= 11 is 1.79. The maximum Gasteiger partial charge on any atom is 0.0900 e. The van der Waals surface area contributed by atoms with Gasteiger partial charge in [0.2, 0.25) is 0 Å². The molecule has 0 aliphatic rings. The minimum Gasteiger partial charge on any atom is -0.389 e.